The van der Waals surface area contributed by atoms with Crippen LogP contribution in [0.2, 0.25) is 5.15 Å². The standard InChI is InChI=1S/C6H4Cl2N2/c7-5-2-1-4(3-10-5)6(8)9/h1-3,9H. The molecule has 0 aliphatic rings. The average Bonchev–Trinajstić information content (AvgIpc) is 1.88. The second-order valence-electron chi connectivity index (χ2n) is 1.68. The Hall–Kier alpha value is -0.600. The van der Waals surface area contributed by atoms with Crippen molar-refractivity contribution in [1.82, 2.24) is 4.98 Å². The Bertz CT molecular complexity index is 242. The summed E-state index contributed by atoms with van der Waals surface area (Å²) in [6.45, 7) is 0. The third-order valence-electron chi connectivity index (χ3n) is 0.981. The quantitative estimate of drug-likeness (QED) is 0.515. The van der Waals surface area contributed by atoms with Crippen molar-refractivity contribution in [3.8, 4) is 0 Å². The van der Waals surface area contributed by atoms with Crippen LogP contribution in [0, 0.1) is 5.41 Å². The normalized spacial score (nSPS) is 9.40. The lowest BCUT2D eigenvalue weighted by Gasteiger charge is -1.92. The van der Waals surface area contributed by atoms with Gasteiger partial charge in [0.25, 0.3) is 0 Å². The minimum absolute atomic E-state index is 0.0239. The van der Waals surface area contributed by atoms with Crippen molar-refractivity contribution in [3.05, 3.63) is 29.0 Å². The van der Waals surface area contributed by atoms with E-state index in [0.29, 0.717) is 10.7 Å². The molecule has 0 unspecified atom stereocenters. The summed E-state index contributed by atoms with van der Waals surface area (Å²) in [4.78, 5) is 3.74. The Balaban J connectivity index is 3.00. The van der Waals surface area contributed by atoms with Gasteiger partial charge in [0.05, 0.1) is 0 Å². The first-order valence-electron chi connectivity index (χ1n) is 2.56. The van der Waals surface area contributed by atoms with Crippen LogP contribution in [0.4, 0.5) is 0 Å². The Labute approximate surface area is 68.3 Å². The van der Waals surface area contributed by atoms with Gasteiger partial charge < -0.3 is 0 Å². The zero-order valence-corrected chi connectivity index (χ0v) is 6.45. The van der Waals surface area contributed by atoms with Gasteiger partial charge in [-0.05, 0) is 12.1 Å². The number of aromatic nitrogens is 1. The monoisotopic (exact) mass is 174 g/mol. The van der Waals surface area contributed by atoms with Crippen molar-refractivity contribution in [2.45, 2.75) is 0 Å². The highest BCUT2D eigenvalue weighted by Crippen LogP contribution is 2.06. The van der Waals surface area contributed by atoms with E-state index in [0.717, 1.165) is 0 Å². The fourth-order valence-corrected chi connectivity index (χ4v) is 0.729. The number of hydrogen-bond donors (Lipinski definition) is 1. The molecule has 0 saturated heterocycles. The molecule has 0 fully saturated rings. The summed E-state index contributed by atoms with van der Waals surface area (Å²) in [6.07, 6.45) is 1.46. The molecule has 0 aromatic carbocycles. The lowest BCUT2D eigenvalue weighted by Crippen LogP contribution is -1.88. The lowest BCUT2D eigenvalue weighted by molar-refractivity contribution is 1.31. The molecule has 0 amide bonds. The smallest absolute Gasteiger partial charge is 0.129 e. The van der Waals surface area contributed by atoms with E-state index in [1.807, 2.05) is 0 Å². The number of nitrogens with one attached hydrogen (secondary N) is 1. The third-order valence-corrected chi connectivity index (χ3v) is 1.42. The van der Waals surface area contributed by atoms with Crippen LogP contribution in [0.1, 0.15) is 5.56 Å². The number of hydrogen-bond acceptors (Lipinski definition) is 2. The molecule has 1 aromatic heterocycles. The minimum Gasteiger partial charge on any atom is -0.289 e. The maximum absolute atomic E-state index is 6.99. The van der Waals surface area contributed by atoms with E-state index in [1.54, 1.807) is 12.1 Å². The number of halogens is 2. The van der Waals surface area contributed by atoms with Gasteiger partial charge in [-0.2, -0.15) is 0 Å². The van der Waals surface area contributed by atoms with Crippen molar-refractivity contribution in [1.29, 1.82) is 5.41 Å². The van der Waals surface area contributed by atoms with Gasteiger partial charge in [-0.25, -0.2) is 4.98 Å². The molecular weight excluding hydrogens is 171 g/mol. The molecule has 0 aliphatic carbocycles. The molecule has 0 spiro atoms. The number of pyridine rings is 1. The van der Waals surface area contributed by atoms with Crippen molar-refractivity contribution in [2.24, 2.45) is 0 Å². The van der Waals surface area contributed by atoms with Crippen LogP contribution in [0.15, 0.2) is 18.3 Å². The SMILES string of the molecule is N=C(Cl)c1ccc(Cl)nc1. The van der Waals surface area contributed by atoms with Crippen molar-refractivity contribution >= 4 is 28.4 Å². The molecule has 1 N–H and O–H groups in total. The molecular formula is C6H4Cl2N2. The van der Waals surface area contributed by atoms with Crippen LogP contribution >= 0.6 is 23.2 Å². The molecule has 1 aromatic rings. The van der Waals surface area contributed by atoms with Gasteiger partial charge in [0.2, 0.25) is 0 Å². The first-order chi connectivity index (χ1) is 4.70. The Morgan fingerprint density at radius 3 is 2.60 bits per heavy atom. The number of rotatable bonds is 1. The molecule has 0 atom stereocenters. The van der Waals surface area contributed by atoms with Gasteiger partial charge in [-0.15, -0.1) is 0 Å². The topological polar surface area (TPSA) is 36.7 Å². The van der Waals surface area contributed by atoms with Gasteiger partial charge in [0.1, 0.15) is 10.3 Å². The highest BCUT2D eigenvalue weighted by atomic mass is 35.5. The van der Waals surface area contributed by atoms with Gasteiger partial charge >= 0.3 is 0 Å². The lowest BCUT2D eigenvalue weighted by atomic mass is 10.3. The molecule has 1 rings (SSSR count). The summed E-state index contributed by atoms with van der Waals surface area (Å²) in [5.41, 5.74) is 0.575. The molecule has 52 valence electrons. The Morgan fingerprint density at radius 1 is 1.50 bits per heavy atom. The molecule has 0 aliphatic heterocycles. The minimum atomic E-state index is -0.0239. The molecule has 0 radical (unpaired) electrons. The first kappa shape index (κ1) is 7.51. The third kappa shape index (κ3) is 1.69. The van der Waals surface area contributed by atoms with Crippen molar-refractivity contribution in [3.63, 3.8) is 0 Å². The largest absolute Gasteiger partial charge is 0.289 e. The highest BCUT2D eigenvalue weighted by Gasteiger charge is 1.95. The van der Waals surface area contributed by atoms with E-state index in [9.17, 15) is 0 Å². The zero-order valence-electron chi connectivity index (χ0n) is 4.94. The van der Waals surface area contributed by atoms with Crippen molar-refractivity contribution in [2.75, 3.05) is 0 Å². The van der Waals surface area contributed by atoms with Gasteiger partial charge in [0.15, 0.2) is 0 Å². The van der Waals surface area contributed by atoms with E-state index < -0.39 is 0 Å². The molecule has 4 heteroatoms. The van der Waals surface area contributed by atoms with E-state index in [4.69, 9.17) is 28.6 Å². The summed E-state index contributed by atoms with van der Waals surface area (Å²) in [5, 5.41) is 7.37. The van der Waals surface area contributed by atoms with Crippen LogP contribution in [0.25, 0.3) is 0 Å². The number of nitrogens with zero attached hydrogens (tertiary/aromatic N) is 1. The van der Waals surface area contributed by atoms with E-state index >= 15 is 0 Å². The van der Waals surface area contributed by atoms with E-state index in [-0.39, 0.29) is 5.17 Å². The molecule has 0 saturated carbocycles. The Kier molecular flexibility index (Phi) is 2.25. The predicted molar refractivity (Wildman–Crippen MR) is 41.9 cm³/mol. The van der Waals surface area contributed by atoms with E-state index in [2.05, 4.69) is 4.98 Å². The van der Waals surface area contributed by atoms with Crippen molar-refractivity contribution < 1.29 is 0 Å². The predicted octanol–water partition coefficient (Wildman–Crippen LogP) is 2.30. The molecule has 2 nitrogen and oxygen atoms in total. The van der Waals surface area contributed by atoms with Gasteiger partial charge in [-0.3, -0.25) is 5.41 Å². The van der Waals surface area contributed by atoms with Crippen LogP contribution in [0.3, 0.4) is 0 Å². The van der Waals surface area contributed by atoms with Crippen LogP contribution in [-0.4, -0.2) is 10.2 Å². The van der Waals surface area contributed by atoms with E-state index in [1.165, 1.54) is 6.20 Å². The summed E-state index contributed by atoms with van der Waals surface area (Å²) < 4.78 is 0. The second kappa shape index (κ2) is 2.99. The summed E-state index contributed by atoms with van der Waals surface area (Å²) in [6, 6.07) is 3.23. The maximum Gasteiger partial charge on any atom is 0.129 e. The Morgan fingerprint density at radius 2 is 2.20 bits per heavy atom. The summed E-state index contributed by atoms with van der Waals surface area (Å²) in [5.74, 6) is 0. The molecule has 0 bridgehead atoms. The van der Waals surface area contributed by atoms with Crippen LogP contribution in [0.5, 0.6) is 0 Å². The maximum atomic E-state index is 6.99. The van der Waals surface area contributed by atoms with Gasteiger partial charge in [0, 0.05) is 11.8 Å². The second-order valence-corrected chi connectivity index (χ2v) is 2.45. The average molecular weight is 175 g/mol. The molecule has 10 heavy (non-hydrogen) atoms. The van der Waals surface area contributed by atoms with Crippen LogP contribution in [-0.2, 0) is 0 Å². The summed E-state index contributed by atoms with van der Waals surface area (Å²) >= 11 is 10.8. The fourth-order valence-electron chi connectivity index (χ4n) is 0.506. The highest BCUT2D eigenvalue weighted by molar-refractivity contribution is 6.68. The summed E-state index contributed by atoms with van der Waals surface area (Å²) in [7, 11) is 0. The molecule has 1 heterocycles. The zero-order chi connectivity index (χ0) is 7.56. The first-order valence-corrected chi connectivity index (χ1v) is 3.32. The van der Waals surface area contributed by atoms with Gasteiger partial charge in [-0.1, -0.05) is 23.2 Å². The fraction of sp³-hybridized carbons (Fsp3) is 0. The van der Waals surface area contributed by atoms with Crippen LogP contribution < -0.4 is 0 Å².